The molecule has 3 rings (SSSR count). The minimum atomic E-state index is -3.65. The number of carbonyl (C=O) groups is 2. The molecule has 1 unspecified atom stereocenters. The van der Waals surface area contributed by atoms with Gasteiger partial charge in [-0.25, -0.2) is 8.42 Å². The second-order valence-electron chi connectivity index (χ2n) is 10.5. The monoisotopic (exact) mass is 536 g/mol. The van der Waals surface area contributed by atoms with Gasteiger partial charge in [0.2, 0.25) is 10.0 Å². The summed E-state index contributed by atoms with van der Waals surface area (Å²) in [5.41, 5.74) is 0.392. The topological polar surface area (TPSA) is 96.5 Å². The number of amides is 2. The summed E-state index contributed by atoms with van der Waals surface area (Å²) in [5.74, 6) is -1.28. The van der Waals surface area contributed by atoms with Gasteiger partial charge in [0.25, 0.3) is 0 Å². The molecule has 2 heterocycles. The first-order valence-corrected chi connectivity index (χ1v) is 14.7. The van der Waals surface area contributed by atoms with Crippen LogP contribution in [0.2, 0.25) is 0 Å². The quantitative estimate of drug-likeness (QED) is 0.449. The number of sulfonamides is 1. The summed E-state index contributed by atoms with van der Waals surface area (Å²) < 4.78 is 27.7. The van der Waals surface area contributed by atoms with Gasteiger partial charge in [-0.05, 0) is 97.3 Å². The van der Waals surface area contributed by atoms with E-state index in [0.717, 1.165) is 51.9 Å². The van der Waals surface area contributed by atoms with Crippen molar-refractivity contribution in [2.45, 2.75) is 49.6 Å². The van der Waals surface area contributed by atoms with Crippen LogP contribution in [-0.4, -0.2) is 130 Å². The highest BCUT2D eigenvalue weighted by molar-refractivity contribution is 7.89. The van der Waals surface area contributed by atoms with Crippen molar-refractivity contribution < 1.29 is 18.0 Å². The van der Waals surface area contributed by atoms with E-state index in [-0.39, 0.29) is 17.0 Å². The van der Waals surface area contributed by atoms with Crippen molar-refractivity contribution in [2.24, 2.45) is 0 Å². The Morgan fingerprint density at radius 3 is 2.24 bits per heavy atom. The molecule has 2 fully saturated rings. The molecule has 1 aromatic rings. The van der Waals surface area contributed by atoms with E-state index in [9.17, 15) is 18.0 Å². The van der Waals surface area contributed by atoms with Crippen molar-refractivity contribution in [3.63, 3.8) is 0 Å². The van der Waals surface area contributed by atoms with Crippen molar-refractivity contribution in [3.05, 3.63) is 24.3 Å². The molecule has 37 heavy (non-hydrogen) atoms. The minimum absolute atomic E-state index is 0.0325. The first-order valence-electron chi connectivity index (χ1n) is 13.3. The van der Waals surface area contributed by atoms with Crippen molar-refractivity contribution in [2.75, 3.05) is 79.3 Å². The molecule has 2 amide bonds. The second kappa shape index (κ2) is 13.1. The predicted octanol–water partition coefficient (Wildman–Crippen LogP) is 1.21. The maximum atomic E-state index is 13.1. The molecule has 0 saturated carbocycles. The van der Waals surface area contributed by atoms with Crippen molar-refractivity contribution >= 4 is 27.5 Å². The minimum Gasteiger partial charge on any atom is -0.332 e. The summed E-state index contributed by atoms with van der Waals surface area (Å²) in [4.78, 5) is 34.4. The number of hydrogen-bond acceptors (Lipinski definition) is 7. The third kappa shape index (κ3) is 7.73. The molecule has 0 aromatic heterocycles. The molecular weight excluding hydrogens is 492 g/mol. The number of likely N-dealkylation sites (tertiary alicyclic amines) is 2. The molecule has 1 atom stereocenters. The predicted molar refractivity (Wildman–Crippen MR) is 146 cm³/mol. The zero-order valence-corrected chi connectivity index (χ0v) is 23.8. The van der Waals surface area contributed by atoms with E-state index in [2.05, 4.69) is 22.0 Å². The lowest BCUT2D eigenvalue weighted by atomic mass is 10.1. The van der Waals surface area contributed by atoms with Crippen molar-refractivity contribution in [1.82, 2.24) is 23.9 Å². The maximum absolute atomic E-state index is 13.1. The van der Waals surface area contributed by atoms with Crippen molar-refractivity contribution in [3.8, 4) is 0 Å². The van der Waals surface area contributed by atoms with Crippen LogP contribution in [0.5, 0.6) is 0 Å². The molecule has 10 nitrogen and oxygen atoms in total. The Morgan fingerprint density at radius 2 is 1.65 bits per heavy atom. The largest absolute Gasteiger partial charge is 0.332 e. The molecule has 2 aliphatic rings. The molecule has 0 aliphatic carbocycles. The van der Waals surface area contributed by atoms with Gasteiger partial charge in [-0.15, -0.1) is 0 Å². The fraction of sp³-hybridized carbons (Fsp3) is 0.692. The van der Waals surface area contributed by atoms with Crippen LogP contribution < -0.4 is 5.32 Å². The standard InChI is InChI=1S/C26H44N6O4S/c1-6-31-15-7-8-23(31)20-32(19-18-28(2)3)26(34)25(33)27-21-9-11-24(12-10-21)37(35,36)30(5)22-13-16-29(4)17-14-22/h9-12,22-23H,6-8,13-20H2,1-5H3,(H,27,33). The number of likely N-dealkylation sites (N-methyl/N-ethyl adjacent to an activating group) is 2. The normalized spacial score (nSPS) is 20.0. The summed E-state index contributed by atoms with van der Waals surface area (Å²) in [6.45, 7) is 7.45. The van der Waals surface area contributed by atoms with E-state index in [4.69, 9.17) is 0 Å². The molecule has 2 saturated heterocycles. The van der Waals surface area contributed by atoms with E-state index in [1.54, 1.807) is 24.1 Å². The highest BCUT2D eigenvalue weighted by Gasteiger charge is 2.31. The fourth-order valence-electron chi connectivity index (χ4n) is 5.13. The molecule has 1 N–H and O–H groups in total. The van der Waals surface area contributed by atoms with Crippen LogP contribution in [0.4, 0.5) is 5.69 Å². The summed E-state index contributed by atoms with van der Waals surface area (Å²) in [6, 6.07) is 6.29. The van der Waals surface area contributed by atoms with Crippen molar-refractivity contribution in [1.29, 1.82) is 0 Å². The van der Waals surface area contributed by atoms with Gasteiger partial charge in [-0.2, -0.15) is 4.31 Å². The third-order valence-electron chi connectivity index (χ3n) is 7.63. The number of nitrogens with zero attached hydrogens (tertiary/aromatic N) is 5. The molecule has 208 valence electrons. The van der Waals surface area contributed by atoms with E-state index in [0.29, 0.717) is 25.3 Å². The van der Waals surface area contributed by atoms with E-state index in [1.807, 2.05) is 26.0 Å². The van der Waals surface area contributed by atoms with Crippen LogP contribution in [-0.2, 0) is 19.6 Å². The SMILES string of the molecule is CCN1CCCC1CN(CCN(C)C)C(=O)C(=O)Nc1ccc(S(=O)(=O)N(C)C2CCN(C)CC2)cc1. The molecule has 11 heteroatoms. The number of carbonyl (C=O) groups excluding carboxylic acids is 2. The molecule has 0 radical (unpaired) electrons. The zero-order valence-electron chi connectivity index (χ0n) is 23.0. The Balaban J connectivity index is 1.64. The highest BCUT2D eigenvalue weighted by atomic mass is 32.2. The Bertz CT molecular complexity index is 1010. The van der Waals surface area contributed by atoms with Crippen LogP contribution in [0.1, 0.15) is 32.6 Å². The lowest BCUT2D eigenvalue weighted by molar-refractivity contribution is -0.143. The fourth-order valence-corrected chi connectivity index (χ4v) is 6.54. The Kier molecular flexibility index (Phi) is 10.5. The molecule has 0 bridgehead atoms. The van der Waals surface area contributed by atoms with Crippen LogP contribution in [0, 0.1) is 0 Å². The Hall–Kier alpha value is -2.05. The van der Waals surface area contributed by atoms with Crippen LogP contribution in [0.15, 0.2) is 29.2 Å². The first kappa shape index (κ1) is 29.5. The van der Waals surface area contributed by atoms with Gasteiger partial charge >= 0.3 is 11.8 Å². The van der Waals surface area contributed by atoms with E-state index >= 15 is 0 Å². The average molecular weight is 537 g/mol. The molecule has 0 spiro atoms. The zero-order chi connectivity index (χ0) is 27.2. The maximum Gasteiger partial charge on any atom is 0.313 e. The highest BCUT2D eigenvalue weighted by Crippen LogP contribution is 2.24. The first-order chi connectivity index (χ1) is 17.5. The Morgan fingerprint density at radius 1 is 1.00 bits per heavy atom. The number of nitrogens with one attached hydrogen (secondary N) is 1. The number of rotatable bonds is 10. The smallest absolute Gasteiger partial charge is 0.313 e. The number of benzene rings is 1. The lowest BCUT2D eigenvalue weighted by Crippen LogP contribution is -2.48. The van der Waals surface area contributed by atoms with Crippen LogP contribution >= 0.6 is 0 Å². The van der Waals surface area contributed by atoms with Gasteiger partial charge in [0, 0.05) is 44.5 Å². The number of piperidine rings is 1. The Labute approximate surface area is 222 Å². The van der Waals surface area contributed by atoms with Gasteiger partial charge in [-0.1, -0.05) is 6.92 Å². The molecule has 1 aromatic carbocycles. The van der Waals surface area contributed by atoms with Gasteiger partial charge < -0.3 is 20.0 Å². The van der Waals surface area contributed by atoms with E-state index in [1.165, 1.54) is 16.4 Å². The summed E-state index contributed by atoms with van der Waals surface area (Å²) in [5, 5.41) is 2.66. The summed E-state index contributed by atoms with van der Waals surface area (Å²) in [7, 11) is 3.90. The second-order valence-corrected chi connectivity index (χ2v) is 12.5. The van der Waals surface area contributed by atoms with Crippen LogP contribution in [0.25, 0.3) is 0 Å². The number of hydrogen-bond donors (Lipinski definition) is 1. The third-order valence-corrected chi connectivity index (χ3v) is 9.55. The van der Waals surface area contributed by atoms with Gasteiger partial charge in [0.05, 0.1) is 4.90 Å². The van der Waals surface area contributed by atoms with E-state index < -0.39 is 21.8 Å². The van der Waals surface area contributed by atoms with Crippen LogP contribution in [0.3, 0.4) is 0 Å². The lowest BCUT2D eigenvalue weighted by Gasteiger charge is -2.34. The van der Waals surface area contributed by atoms with Gasteiger partial charge in [0.1, 0.15) is 0 Å². The average Bonchev–Trinajstić information content (AvgIpc) is 3.33. The van der Waals surface area contributed by atoms with Gasteiger partial charge in [0.15, 0.2) is 0 Å². The molecular formula is C26H44N6O4S. The number of anilines is 1. The van der Waals surface area contributed by atoms with Gasteiger partial charge in [-0.3, -0.25) is 14.5 Å². The summed E-state index contributed by atoms with van der Waals surface area (Å²) in [6.07, 6.45) is 3.71. The summed E-state index contributed by atoms with van der Waals surface area (Å²) >= 11 is 0. The molecule has 2 aliphatic heterocycles.